The van der Waals surface area contributed by atoms with E-state index in [1.54, 1.807) is 0 Å². The number of hydrogen-bond acceptors (Lipinski definition) is 2. The van der Waals surface area contributed by atoms with Crippen molar-refractivity contribution in [1.82, 2.24) is 10.2 Å². The quantitative estimate of drug-likeness (QED) is 0.826. The Morgan fingerprint density at radius 3 is 3.05 bits per heavy atom. The Morgan fingerprint density at radius 2 is 2.24 bits per heavy atom. The van der Waals surface area contributed by atoms with Crippen LogP contribution in [0.3, 0.4) is 0 Å². The lowest BCUT2D eigenvalue weighted by molar-refractivity contribution is -0.120. The molecule has 0 bridgehead atoms. The fraction of sp³-hybridized carbons (Fsp3) is 0.400. The molecule has 2 N–H and O–H groups in total. The highest BCUT2D eigenvalue weighted by atomic mass is 16.2. The topological polar surface area (TPSA) is 73.8 Å². The molecule has 1 aromatic carbocycles. The third-order valence-electron chi connectivity index (χ3n) is 4.12. The predicted octanol–water partition coefficient (Wildman–Crippen LogP) is 1.79. The van der Waals surface area contributed by atoms with Gasteiger partial charge in [0.05, 0.1) is 0 Å². The summed E-state index contributed by atoms with van der Waals surface area (Å²) in [5.41, 5.74) is 2.86. The number of carbonyl (C=O) groups is 2. The van der Waals surface area contributed by atoms with Crippen LogP contribution < -0.4 is 10.6 Å². The lowest BCUT2D eigenvalue weighted by atomic mass is 10.1. The van der Waals surface area contributed by atoms with Crippen molar-refractivity contribution in [3.8, 4) is 0 Å². The fourth-order valence-electron chi connectivity index (χ4n) is 2.78. The van der Waals surface area contributed by atoms with Crippen LogP contribution in [0.1, 0.15) is 24.0 Å². The van der Waals surface area contributed by atoms with Gasteiger partial charge in [0.2, 0.25) is 11.9 Å². The summed E-state index contributed by atoms with van der Waals surface area (Å²) in [5, 5.41) is 5.44. The summed E-state index contributed by atoms with van der Waals surface area (Å²) in [4.78, 5) is 29.7. The van der Waals surface area contributed by atoms with E-state index in [-0.39, 0.29) is 11.9 Å². The molecule has 2 aliphatic rings. The number of nitrogens with one attached hydrogen (secondary N) is 2. The maximum absolute atomic E-state index is 12.1. The Kier molecular flexibility index (Phi) is 3.37. The Hall–Kier alpha value is -2.37. The highest BCUT2D eigenvalue weighted by Crippen LogP contribution is 2.22. The van der Waals surface area contributed by atoms with E-state index >= 15 is 0 Å². The molecule has 2 aliphatic heterocycles. The van der Waals surface area contributed by atoms with Crippen molar-refractivity contribution >= 4 is 23.6 Å². The van der Waals surface area contributed by atoms with Crippen LogP contribution in [0.15, 0.2) is 23.2 Å². The van der Waals surface area contributed by atoms with Crippen molar-refractivity contribution < 1.29 is 9.59 Å². The maximum Gasteiger partial charge on any atom is 0.348 e. The zero-order valence-corrected chi connectivity index (χ0v) is 12.1. The number of hydrogen-bond donors (Lipinski definition) is 2. The first-order valence-electron chi connectivity index (χ1n) is 7.09. The zero-order valence-electron chi connectivity index (χ0n) is 12.1. The number of amides is 3. The van der Waals surface area contributed by atoms with Crippen LogP contribution in [0.2, 0.25) is 0 Å². The van der Waals surface area contributed by atoms with E-state index < -0.39 is 6.03 Å². The molecule has 0 saturated carbocycles. The van der Waals surface area contributed by atoms with Crippen molar-refractivity contribution in [2.45, 2.75) is 32.7 Å². The van der Waals surface area contributed by atoms with Gasteiger partial charge < -0.3 is 10.2 Å². The molecule has 2 fully saturated rings. The molecule has 3 amide bonds. The molecule has 0 spiro atoms. The van der Waals surface area contributed by atoms with E-state index in [1.165, 1.54) is 0 Å². The van der Waals surface area contributed by atoms with Crippen molar-refractivity contribution in [2.24, 2.45) is 4.99 Å². The highest BCUT2D eigenvalue weighted by molar-refractivity contribution is 6.11. The van der Waals surface area contributed by atoms with Crippen LogP contribution in [-0.4, -0.2) is 35.4 Å². The van der Waals surface area contributed by atoms with Crippen molar-refractivity contribution in [3.63, 3.8) is 0 Å². The standard InChI is InChI=1S/C15H18N4O2/c1-9-5-3-6-11(10(9)2)16-15(21)18-14-17-13(20)12-7-4-8-19(12)14/h3,5-6,12H,4,7-8H2,1-2H3,(H2,16,17,18,20,21). The number of rotatable bonds is 1. The monoisotopic (exact) mass is 286 g/mol. The summed E-state index contributed by atoms with van der Waals surface area (Å²) in [6.07, 6.45) is 1.78. The minimum absolute atomic E-state index is 0.0641. The zero-order chi connectivity index (χ0) is 15.0. The molecule has 3 rings (SSSR count). The SMILES string of the molecule is Cc1cccc(NC(=O)N=C2NC(=O)C3CCCN23)c1C. The second-order valence-electron chi connectivity index (χ2n) is 5.45. The third-order valence-corrected chi connectivity index (χ3v) is 4.12. The smallest absolute Gasteiger partial charge is 0.330 e. The summed E-state index contributed by atoms with van der Waals surface area (Å²) in [5.74, 6) is 0.302. The largest absolute Gasteiger partial charge is 0.348 e. The second kappa shape index (κ2) is 5.20. The van der Waals surface area contributed by atoms with Gasteiger partial charge in [0.15, 0.2) is 0 Å². The molecule has 1 unspecified atom stereocenters. The van der Waals surface area contributed by atoms with Crippen LogP contribution in [0.4, 0.5) is 10.5 Å². The van der Waals surface area contributed by atoms with Crippen LogP contribution >= 0.6 is 0 Å². The lowest BCUT2D eigenvalue weighted by Gasteiger charge is -2.14. The van der Waals surface area contributed by atoms with Gasteiger partial charge in [-0.25, -0.2) is 4.79 Å². The van der Waals surface area contributed by atoms with E-state index in [9.17, 15) is 9.59 Å². The molecule has 21 heavy (non-hydrogen) atoms. The fourth-order valence-corrected chi connectivity index (χ4v) is 2.78. The first-order chi connectivity index (χ1) is 10.1. The molecule has 2 saturated heterocycles. The number of anilines is 1. The summed E-state index contributed by atoms with van der Waals surface area (Å²) in [7, 11) is 0. The van der Waals surface area contributed by atoms with Gasteiger partial charge in [0, 0.05) is 12.2 Å². The molecule has 2 heterocycles. The summed E-state index contributed by atoms with van der Waals surface area (Å²) < 4.78 is 0. The summed E-state index contributed by atoms with van der Waals surface area (Å²) in [6.45, 7) is 4.70. The molecule has 6 nitrogen and oxygen atoms in total. The van der Waals surface area contributed by atoms with Gasteiger partial charge in [-0.1, -0.05) is 12.1 Å². The van der Waals surface area contributed by atoms with E-state index in [2.05, 4.69) is 15.6 Å². The maximum atomic E-state index is 12.1. The van der Waals surface area contributed by atoms with E-state index in [0.717, 1.165) is 36.2 Å². The number of carbonyl (C=O) groups excluding carboxylic acids is 2. The van der Waals surface area contributed by atoms with Gasteiger partial charge >= 0.3 is 6.03 Å². The summed E-state index contributed by atoms with van der Waals surface area (Å²) in [6, 6.07) is 5.09. The number of guanidine groups is 1. The highest BCUT2D eigenvalue weighted by Gasteiger charge is 2.40. The number of nitrogens with zero attached hydrogens (tertiary/aromatic N) is 2. The van der Waals surface area contributed by atoms with Crippen molar-refractivity contribution in [1.29, 1.82) is 0 Å². The third kappa shape index (κ3) is 2.49. The first kappa shape index (κ1) is 13.6. The second-order valence-corrected chi connectivity index (χ2v) is 5.45. The minimum Gasteiger partial charge on any atom is -0.330 e. The van der Waals surface area contributed by atoms with Gasteiger partial charge in [-0.15, -0.1) is 0 Å². The average Bonchev–Trinajstić information content (AvgIpc) is 3.01. The Labute approximate surface area is 123 Å². The number of aryl methyl sites for hydroxylation is 1. The number of aliphatic imine (C=N–C) groups is 1. The number of benzene rings is 1. The van der Waals surface area contributed by atoms with Crippen LogP contribution in [0, 0.1) is 13.8 Å². The summed E-state index contributed by atoms with van der Waals surface area (Å²) >= 11 is 0. The van der Waals surface area contributed by atoms with Gasteiger partial charge in [-0.3, -0.25) is 10.1 Å². The van der Waals surface area contributed by atoms with Gasteiger partial charge in [-0.2, -0.15) is 4.99 Å². The van der Waals surface area contributed by atoms with Gasteiger partial charge in [0.25, 0.3) is 0 Å². The van der Waals surface area contributed by atoms with Crippen molar-refractivity contribution in [3.05, 3.63) is 29.3 Å². The molecule has 1 aromatic rings. The van der Waals surface area contributed by atoms with Gasteiger partial charge in [-0.05, 0) is 43.9 Å². The molecule has 6 heteroatoms. The molecule has 0 aliphatic carbocycles. The minimum atomic E-state index is -0.466. The Bertz CT molecular complexity index is 639. The van der Waals surface area contributed by atoms with Gasteiger partial charge in [0.1, 0.15) is 6.04 Å². The lowest BCUT2D eigenvalue weighted by Crippen LogP contribution is -2.32. The molecule has 0 radical (unpaired) electrons. The first-order valence-corrected chi connectivity index (χ1v) is 7.09. The number of urea groups is 1. The predicted molar refractivity (Wildman–Crippen MR) is 80.2 cm³/mol. The van der Waals surface area contributed by atoms with Crippen LogP contribution in [-0.2, 0) is 4.79 Å². The Morgan fingerprint density at radius 1 is 1.43 bits per heavy atom. The normalized spacial score (nSPS) is 22.4. The van der Waals surface area contributed by atoms with E-state index in [0.29, 0.717) is 5.96 Å². The molecular weight excluding hydrogens is 268 g/mol. The molecule has 0 aromatic heterocycles. The molecular formula is C15H18N4O2. The Balaban J connectivity index is 1.76. The van der Waals surface area contributed by atoms with Crippen LogP contribution in [0.25, 0.3) is 0 Å². The average molecular weight is 286 g/mol. The van der Waals surface area contributed by atoms with E-state index in [1.807, 2.05) is 36.9 Å². The molecule has 110 valence electrons. The van der Waals surface area contributed by atoms with E-state index in [4.69, 9.17) is 0 Å². The molecule has 1 atom stereocenters. The van der Waals surface area contributed by atoms with Crippen LogP contribution in [0.5, 0.6) is 0 Å². The van der Waals surface area contributed by atoms with Crippen molar-refractivity contribution in [2.75, 3.05) is 11.9 Å². The number of fused-ring (bicyclic) bond motifs is 1.